The molecule has 0 aliphatic carbocycles. The number of sulfonamides is 1. The van der Waals surface area contributed by atoms with Crippen molar-refractivity contribution < 1.29 is 8.42 Å². The zero-order valence-corrected chi connectivity index (χ0v) is 14.4. The van der Waals surface area contributed by atoms with Gasteiger partial charge in [-0.25, -0.2) is 13.4 Å². The first-order chi connectivity index (χ1) is 9.78. The van der Waals surface area contributed by atoms with Crippen LogP contribution in [-0.4, -0.2) is 37.3 Å². The minimum atomic E-state index is -3.52. The van der Waals surface area contributed by atoms with Gasteiger partial charge in [0.2, 0.25) is 0 Å². The molecule has 1 rings (SSSR count). The summed E-state index contributed by atoms with van der Waals surface area (Å²) < 4.78 is 26.5. The highest BCUT2D eigenvalue weighted by Gasteiger charge is 2.26. The summed E-state index contributed by atoms with van der Waals surface area (Å²) in [6.07, 6.45) is 2.45. The summed E-state index contributed by atoms with van der Waals surface area (Å²) in [5.41, 5.74) is 0.980. The first-order valence-electron chi connectivity index (χ1n) is 7.42. The summed E-state index contributed by atoms with van der Waals surface area (Å²) in [5.74, 6) is 0.452. The summed E-state index contributed by atoms with van der Waals surface area (Å²) >= 11 is 0. The molecule has 1 N–H and O–H groups in total. The fourth-order valence-electron chi connectivity index (χ4n) is 2.15. The molecule has 1 atom stereocenters. The van der Waals surface area contributed by atoms with Gasteiger partial charge >= 0.3 is 0 Å². The number of hydrogen-bond donors (Lipinski definition) is 1. The lowest BCUT2D eigenvalue weighted by molar-refractivity contribution is 0.337. The third-order valence-electron chi connectivity index (χ3n) is 3.45. The first-order valence-corrected chi connectivity index (χ1v) is 8.86. The third-order valence-corrected chi connectivity index (χ3v) is 5.34. The maximum absolute atomic E-state index is 12.5. The summed E-state index contributed by atoms with van der Waals surface area (Å²) in [7, 11) is -1.90. The Labute approximate surface area is 128 Å². The van der Waals surface area contributed by atoms with Crippen molar-refractivity contribution in [1.82, 2.24) is 14.6 Å². The topological polar surface area (TPSA) is 62.3 Å². The molecule has 0 fully saturated rings. The molecule has 21 heavy (non-hydrogen) atoms. The summed E-state index contributed by atoms with van der Waals surface area (Å²) in [6.45, 7) is 9.70. The van der Waals surface area contributed by atoms with Gasteiger partial charge < -0.3 is 5.32 Å². The van der Waals surface area contributed by atoms with Crippen molar-refractivity contribution in [2.75, 3.05) is 13.6 Å². The first kappa shape index (κ1) is 18.1. The molecule has 6 heteroatoms. The molecule has 0 radical (unpaired) electrons. The molecule has 0 saturated heterocycles. The van der Waals surface area contributed by atoms with Gasteiger partial charge in [0.25, 0.3) is 10.0 Å². The molecular weight excluding hydrogens is 286 g/mol. The number of aromatic nitrogens is 1. The highest BCUT2D eigenvalue weighted by molar-refractivity contribution is 7.89. The lowest BCUT2D eigenvalue weighted by Crippen LogP contribution is -2.36. The van der Waals surface area contributed by atoms with Crippen molar-refractivity contribution in [3.05, 3.63) is 23.9 Å². The van der Waals surface area contributed by atoms with Crippen molar-refractivity contribution in [2.45, 2.75) is 51.7 Å². The lowest BCUT2D eigenvalue weighted by Gasteiger charge is -2.25. The van der Waals surface area contributed by atoms with Crippen molar-refractivity contribution >= 4 is 10.0 Å². The quantitative estimate of drug-likeness (QED) is 0.799. The normalized spacial score (nSPS) is 13.9. The van der Waals surface area contributed by atoms with Crippen LogP contribution in [0.3, 0.4) is 0 Å². The molecule has 1 heterocycles. The molecule has 0 aliphatic rings. The fourth-order valence-corrected chi connectivity index (χ4v) is 3.43. The van der Waals surface area contributed by atoms with Crippen LogP contribution in [-0.2, 0) is 16.6 Å². The van der Waals surface area contributed by atoms with Crippen LogP contribution < -0.4 is 5.32 Å². The average molecular weight is 313 g/mol. The molecule has 0 bridgehead atoms. The van der Waals surface area contributed by atoms with Gasteiger partial charge in [0.1, 0.15) is 0 Å². The summed E-state index contributed by atoms with van der Waals surface area (Å²) in [5, 5.41) is 3.30. The number of hydrogen-bond acceptors (Lipinski definition) is 4. The molecule has 0 aromatic carbocycles. The van der Waals surface area contributed by atoms with Crippen LogP contribution in [0.1, 0.15) is 39.7 Å². The van der Waals surface area contributed by atoms with Crippen molar-refractivity contribution in [2.24, 2.45) is 5.92 Å². The number of rotatable bonds is 8. The maximum Gasteiger partial charge on any atom is 0.260 e. The van der Waals surface area contributed by atoms with E-state index in [1.165, 1.54) is 4.31 Å². The molecule has 1 unspecified atom stereocenters. The fraction of sp³-hybridized carbons (Fsp3) is 0.667. The van der Waals surface area contributed by atoms with Crippen LogP contribution in [0.25, 0.3) is 0 Å². The summed E-state index contributed by atoms with van der Waals surface area (Å²) in [6, 6.07) is 3.35. The van der Waals surface area contributed by atoms with Crippen LogP contribution in [0.4, 0.5) is 0 Å². The van der Waals surface area contributed by atoms with E-state index in [9.17, 15) is 8.42 Å². The van der Waals surface area contributed by atoms with Gasteiger partial charge in [0.05, 0.1) is 0 Å². The minimum absolute atomic E-state index is 0.0433. The summed E-state index contributed by atoms with van der Waals surface area (Å²) in [4.78, 5) is 4.12. The van der Waals surface area contributed by atoms with Gasteiger partial charge in [-0.15, -0.1) is 0 Å². The lowest BCUT2D eigenvalue weighted by atomic mass is 10.1. The Kier molecular flexibility index (Phi) is 6.77. The van der Waals surface area contributed by atoms with E-state index in [4.69, 9.17) is 0 Å². The van der Waals surface area contributed by atoms with Crippen molar-refractivity contribution in [1.29, 1.82) is 0 Å². The van der Waals surface area contributed by atoms with Crippen molar-refractivity contribution in [3.8, 4) is 0 Å². The molecular formula is C15H27N3O2S. The molecule has 5 nitrogen and oxygen atoms in total. The molecule has 1 aromatic heterocycles. The van der Waals surface area contributed by atoms with Gasteiger partial charge in [-0.2, -0.15) is 4.31 Å². The second-order valence-electron chi connectivity index (χ2n) is 5.78. The van der Waals surface area contributed by atoms with Crippen molar-refractivity contribution in [3.63, 3.8) is 0 Å². The monoisotopic (exact) mass is 313 g/mol. The van der Waals surface area contributed by atoms with E-state index < -0.39 is 10.0 Å². The Balaban J connectivity index is 2.86. The van der Waals surface area contributed by atoms with E-state index in [1.807, 2.05) is 19.9 Å². The van der Waals surface area contributed by atoms with E-state index in [1.54, 1.807) is 19.3 Å². The Morgan fingerprint density at radius 1 is 1.29 bits per heavy atom. The van der Waals surface area contributed by atoms with E-state index in [0.29, 0.717) is 12.5 Å². The Morgan fingerprint density at radius 3 is 2.43 bits per heavy atom. The van der Waals surface area contributed by atoms with Gasteiger partial charge in [-0.3, -0.25) is 0 Å². The predicted octanol–water partition coefficient (Wildman–Crippen LogP) is 2.25. The van der Waals surface area contributed by atoms with Gasteiger partial charge in [0.15, 0.2) is 5.03 Å². The maximum atomic E-state index is 12.5. The molecule has 1 aromatic rings. The van der Waals surface area contributed by atoms with E-state index >= 15 is 0 Å². The van der Waals surface area contributed by atoms with Gasteiger partial charge in [-0.1, -0.05) is 26.8 Å². The highest BCUT2D eigenvalue weighted by atomic mass is 32.2. The van der Waals surface area contributed by atoms with Crippen LogP contribution in [0.15, 0.2) is 23.4 Å². The third kappa shape index (κ3) is 5.05. The standard InChI is InChI=1S/C15H27N3O2S/c1-6-16-10-14-7-8-15(17-11-14)21(19,20)18(5)13(4)9-12(2)3/h7-8,11-13,16H,6,9-10H2,1-5H3. The van der Waals surface area contributed by atoms with E-state index in [0.717, 1.165) is 18.5 Å². The second-order valence-corrected chi connectivity index (χ2v) is 7.73. The van der Waals surface area contributed by atoms with Crippen LogP contribution in [0, 0.1) is 5.92 Å². The largest absolute Gasteiger partial charge is 0.313 e. The zero-order chi connectivity index (χ0) is 16.0. The number of pyridine rings is 1. The highest BCUT2D eigenvalue weighted by Crippen LogP contribution is 2.18. The molecule has 0 saturated carbocycles. The Hall–Kier alpha value is -0.980. The van der Waals surface area contributed by atoms with Gasteiger partial charge in [-0.05, 0) is 37.4 Å². The second kappa shape index (κ2) is 7.87. The average Bonchev–Trinajstić information content (AvgIpc) is 2.43. The predicted molar refractivity (Wildman–Crippen MR) is 85.5 cm³/mol. The Morgan fingerprint density at radius 2 is 1.95 bits per heavy atom. The minimum Gasteiger partial charge on any atom is -0.313 e. The SMILES string of the molecule is CCNCc1ccc(S(=O)(=O)N(C)C(C)CC(C)C)nc1. The number of nitrogens with zero attached hydrogens (tertiary/aromatic N) is 2. The van der Waals surface area contributed by atoms with Gasteiger partial charge in [0, 0.05) is 25.8 Å². The van der Waals surface area contributed by atoms with E-state index in [-0.39, 0.29) is 11.1 Å². The van der Waals surface area contributed by atoms with E-state index in [2.05, 4.69) is 24.1 Å². The number of nitrogens with one attached hydrogen (secondary N) is 1. The molecule has 0 amide bonds. The molecule has 0 aliphatic heterocycles. The smallest absolute Gasteiger partial charge is 0.260 e. The van der Waals surface area contributed by atoms with Crippen LogP contribution in [0.5, 0.6) is 0 Å². The molecule has 120 valence electrons. The van der Waals surface area contributed by atoms with Crippen LogP contribution in [0.2, 0.25) is 0 Å². The van der Waals surface area contributed by atoms with Crippen LogP contribution >= 0.6 is 0 Å². The molecule has 0 spiro atoms. The Bertz CT molecular complexity index is 526. The zero-order valence-electron chi connectivity index (χ0n) is 13.6.